The van der Waals surface area contributed by atoms with Crippen LogP contribution in [0.1, 0.15) is 16.7 Å². The van der Waals surface area contributed by atoms with Crippen molar-refractivity contribution in [1.29, 1.82) is 0 Å². The second-order valence-electron chi connectivity index (χ2n) is 6.48. The van der Waals surface area contributed by atoms with Crippen LogP contribution in [0.5, 0.6) is 11.5 Å². The number of benzene rings is 2. The smallest absolute Gasteiger partial charge is 0.270 e. The van der Waals surface area contributed by atoms with Crippen LogP contribution in [-0.2, 0) is 9.59 Å². The molecule has 1 aliphatic rings. The molecule has 0 spiro atoms. The third kappa shape index (κ3) is 4.04. The number of carbonyl (C=O) groups excluding carboxylic acids is 2. The molecular formula is C21H19BrN2O4S. The Morgan fingerprint density at radius 3 is 2.41 bits per heavy atom. The Balaban J connectivity index is 2.11. The molecule has 0 atom stereocenters. The van der Waals surface area contributed by atoms with Gasteiger partial charge in [0.05, 0.1) is 24.4 Å². The number of halogens is 1. The van der Waals surface area contributed by atoms with Crippen LogP contribution in [0.3, 0.4) is 0 Å². The summed E-state index contributed by atoms with van der Waals surface area (Å²) < 4.78 is 11.3. The molecule has 0 aliphatic carbocycles. The molecule has 1 heterocycles. The first-order valence-electron chi connectivity index (χ1n) is 8.67. The molecule has 1 fully saturated rings. The number of carbonyl (C=O) groups is 2. The van der Waals surface area contributed by atoms with Gasteiger partial charge in [0.2, 0.25) is 0 Å². The van der Waals surface area contributed by atoms with Crippen LogP contribution in [0.15, 0.2) is 40.4 Å². The quantitative estimate of drug-likeness (QED) is 0.413. The standard InChI is InChI=1S/C21H19BrN2O4S/c1-11-5-6-12(2)16(7-11)24-20(26)14(19(25)23-21(24)29)8-13-9-15(22)18(28-4)10-17(13)27-3/h5-10H,1-4H3,(H,23,25,29)/b14-8+. The predicted molar refractivity (Wildman–Crippen MR) is 119 cm³/mol. The van der Waals surface area contributed by atoms with Gasteiger partial charge < -0.3 is 9.47 Å². The van der Waals surface area contributed by atoms with E-state index in [1.807, 2.05) is 32.0 Å². The minimum absolute atomic E-state index is 0.0464. The van der Waals surface area contributed by atoms with Crippen molar-refractivity contribution >= 4 is 56.8 Å². The fraction of sp³-hybridized carbons (Fsp3) is 0.190. The van der Waals surface area contributed by atoms with Gasteiger partial charge in [-0.2, -0.15) is 0 Å². The minimum Gasteiger partial charge on any atom is -0.496 e. The Bertz CT molecular complexity index is 1060. The van der Waals surface area contributed by atoms with Crippen molar-refractivity contribution < 1.29 is 19.1 Å². The number of amides is 2. The molecule has 0 saturated carbocycles. The average molecular weight is 475 g/mol. The largest absolute Gasteiger partial charge is 0.496 e. The maximum Gasteiger partial charge on any atom is 0.270 e. The molecule has 0 radical (unpaired) electrons. The summed E-state index contributed by atoms with van der Waals surface area (Å²) in [4.78, 5) is 27.2. The van der Waals surface area contributed by atoms with Gasteiger partial charge in [-0.1, -0.05) is 12.1 Å². The molecule has 2 aromatic rings. The number of anilines is 1. The van der Waals surface area contributed by atoms with Crippen LogP contribution in [-0.4, -0.2) is 31.1 Å². The Hall–Kier alpha value is -2.71. The predicted octanol–water partition coefficient (Wildman–Crippen LogP) is 3.91. The van der Waals surface area contributed by atoms with Gasteiger partial charge in [0, 0.05) is 11.6 Å². The molecule has 3 rings (SSSR count). The molecule has 0 aromatic heterocycles. The summed E-state index contributed by atoms with van der Waals surface area (Å²) in [5.41, 5.74) is 2.98. The first kappa shape index (κ1) is 21.0. The summed E-state index contributed by atoms with van der Waals surface area (Å²) in [6.07, 6.45) is 1.49. The number of ether oxygens (including phenoxy) is 2. The molecule has 6 nitrogen and oxygen atoms in total. The molecule has 1 saturated heterocycles. The highest BCUT2D eigenvalue weighted by Crippen LogP contribution is 2.35. The minimum atomic E-state index is -0.560. The molecule has 2 aromatic carbocycles. The van der Waals surface area contributed by atoms with Crippen molar-refractivity contribution in [2.45, 2.75) is 13.8 Å². The molecule has 2 amide bonds. The van der Waals surface area contributed by atoms with Crippen molar-refractivity contribution in [2.24, 2.45) is 0 Å². The van der Waals surface area contributed by atoms with Gasteiger partial charge in [-0.25, -0.2) is 0 Å². The van der Waals surface area contributed by atoms with E-state index in [0.717, 1.165) is 11.1 Å². The lowest BCUT2D eigenvalue weighted by Gasteiger charge is -2.30. The Morgan fingerprint density at radius 1 is 1.07 bits per heavy atom. The summed E-state index contributed by atoms with van der Waals surface area (Å²) in [6, 6.07) is 9.11. The molecular weight excluding hydrogens is 456 g/mol. The number of thiocarbonyl (C=S) groups is 1. The zero-order valence-electron chi connectivity index (χ0n) is 16.3. The normalized spacial score (nSPS) is 15.6. The summed E-state index contributed by atoms with van der Waals surface area (Å²) in [5, 5.41) is 2.65. The lowest BCUT2D eigenvalue weighted by atomic mass is 10.0. The van der Waals surface area contributed by atoms with E-state index >= 15 is 0 Å². The third-order valence-electron chi connectivity index (χ3n) is 4.51. The fourth-order valence-electron chi connectivity index (χ4n) is 2.99. The Labute approximate surface area is 182 Å². The van der Waals surface area contributed by atoms with E-state index in [4.69, 9.17) is 21.7 Å². The first-order chi connectivity index (χ1) is 13.8. The van der Waals surface area contributed by atoms with E-state index in [1.165, 1.54) is 18.1 Å². The van der Waals surface area contributed by atoms with Crippen LogP contribution in [0.4, 0.5) is 5.69 Å². The Kier molecular flexibility index (Phi) is 6.04. The van der Waals surface area contributed by atoms with Gasteiger partial charge in [0.25, 0.3) is 11.8 Å². The molecule has 0 unspecified atom stereocenters. The van der Waals surface area contributed by atoms with E-state index < -0.39 is 11.8 Å². The molecule has 0 bridgehead atoms. The van der Waals surface area contributed by atoms with Crippen molar-refractivity contribution in [1.82, 2.24) is 5.32 Å². The lowest BCUT2D eigenvalue weighted by Crippen LogP contribution is -2.54. The zero-order valence-corrected chi connectivity index (χ0v) is 18.7. The van der Waals surface area contributed by atoms with Crippen LogP contribution in [0.25, 0.3) is 6.08 Å². The highest BCUT2D eigenvalue weighted by atomic mass is 79.9. The van der Waals surface area contributed by atoms with E-state index in [9.17, 15) is 9.59 Å². The SMILES string of the molecule is COc1cc(OC)c(/C=C2\C(=O)NC(=S)N(c3cc(C)ccc3C)C2=O)cc1Br. The number of aryl methyl sites for hydroxylation is 2. The maximum absolute atomic E-state index is 13.3. The van der Waals surface area contributed by atoms with Gasteiger partial charge in [0.1, 0.15) is 17.1 Å². The summed E-state index contributed by atoms with van der Waals surface area (Å²) in [5.74, 6) is -0.0248. The van der Waals surface area contributed by atoms with E-state index in [1.54, 1.807) is 19.2 Å². The maximum atomic E-state index is 13.3. The monoisotopic (exact) mass is 474 g/mol. The lowest BCUT2D eigenvalue weighted by molar-refractivity contribution is -0.122. The van der Waals surface area contributed by atoms with Crippen LogP contribution >= 0.6 is 28.1 Å². The third-order valence-corrected chi connectivity index (χ3v) is 5.42. The van der Waals surface area contributed by atoms with Gasteiger partial charge in [-0.05, 0) is 71.3 Å². The summed E-state index contributed by atoms with van der Waals surface area (Å²) >= 11 is 8.70. The second kappa shape index (κ2) is 8.34. The van der Waals surface area contributed by atoms with Crippen molar-refractivity contribution in [3.8, 4) is 11.5 Å². The molecule has 8 heteroatoms. The van der Waals surface area contributed by atoms with Crippen molar-refractivity contribution in [3.63, 3.8) is 0 Å². The zero-order chi connectivity index (χ0) is 21.3. The van der Waals surface area contributed by atoms with E-state index in [2.05, 4.69) is 21.2 Å². The number of nitrogens with one attached hydrogen (secondary N) is 1. The molecule has 1 N–H and O–H groups in total. The topological polar surface area (TPSA) is 67.9 Å². The summed E-state index contributed by atoms with van der Waals surface area (Å²) in [7, 11) is 3.05. The number of rotatable bonds is 4. The van der Waals surface area contributed by atoms with Crippen molar-refractivity contribution in [3.05, 3.63) is 57.1 Å². The van der Waals surface area contributed by atoms with Crippen molar-refractivity contribution in [2.75, 3.05) is 19.1 Å². The Morgan fingerprint density at radius 2 is 1.76 bits per heavy atom. The molecule has 150 valence electrons. The first-order valence-corrected chi connectivity index (χ1v) is 9.87. The summed E-state index contributed by atoms with van der Waals surface area (Å²) in [6.45, 7) is 3.81. The van der Waals surface area contributed by atoms with E-state index in [-0.39, 0.29) is 10.7 Å². The van der Waals surface area contributed by atoms with Gasteiger partial charge in [0.15, 0.2) is 5.11 Å². The number of nitrogens with zero attached hydrogens (tertiary/aromatic N) is 1. The van der Waals surface area contributed by atoms with E-state index in [0.29, 0.717) is 27.2 Å². The van der Waals surface area contributed by atoms with Crippen LogP contribution in [0, 0.1) is 13.8 Å². The van der Waals surface area contributed by atoms with Crippen LogP contribution in [0.2, 0.25) is 0 Å². The van der Waals surface area contributed by atoms with Gasteiger partial charge in [-0.15, -0.1) is 0 Å². The van der Waals surface area contributed by atoms with Gasteiger partial charge >= 0.3 is 0 Å². The molecule has 29 heavy (non-hydrogen) atoms. The fourth-order valence-corrected chi connectivity index (χ4v) is 3.79. The number of hydrogen-bond donors (Lipinski definition) is 1. The highest BCUT2D eigenvalue weighted by Gasteiger charge is 2.35. The molecule has 1 aliphatic heterocycles. The number of methoxy groups -OCH3 is 2. The average Bonchev–Trinajstić information content (AvgIpc) is 2.67. The van der Waals surface area contributed by atoms with Gasteiger partial charge in [-0.3, -0.25) is 19.8 Å². The number of hydrogen-bond acceptors (Lipinski definition) is 5. The second-order valence-corrected chi connectivity index (χ2v) is 7.72. The van der Waals surface area contributed by atoms with Crippen LogP contribution < -0.4 is 19.7 Å². The highest BCUT2D eigenvalue weighted by molar-refractivity contribution is 9.10.